The zero-order valence-electron chi connectivity index (χ0n) is 15.7. The first-order valence-electron chi connectivity index (χ1n) is 9.70. The van der Waals surface area contributed by atoms with Gasteiger partial charge in [0.1, 0.15) is 11.2 Å². The van der Waals surface area contributed by atoms with Crippen molar-refractivity contribution < 1.29 is 9.90 Å². The van der Waals surface area contributed by atoms with E-state index in [1.807, 2.05) is 10.8 Å². The summed E-state index contributed by atoms with van der Waals surface area (Å²) < 4.78 is 2.58. The topological polar surface area (TPSA) is 172 Å². The molecule has 0 radical (unpaired) electrons. The Labute approximate surface area is 184 Å². The number of rotatable bonds is 1. The van der Waals surface area contributed by atoms with Gasteiger partial charge in [0.15, 0.2) is 30.0 Å². The third-order valence-electron chi connectivity index (χ3n) is 7.47. The Hall–Kier alpha value is -2.02. The molecule has 4 aliphatic heterocycles. The van der Waals surface area contributed by atoms with E-state index in [-0.39, 0.29) is 29.7 Å². The third-order valence-corrected chi connectivity index (χ3v) is 8.59. The van der Waals surface area contributed by atoms with Crippen LogP contribution in [-0.2, 0) is 0 Å². The van der Waals surface area contributed by atoms with Crippen LogP contribution in [0, 0.1) is 17.8 Å². The van der Waals surface area contributed by atoms with Gasteiger partial charge in [-0.15, -0.1) is 11.6 Å². The molecule has 1 amide bonds. The number of hydrogen-bond acceptors (Lipinski definition) is 9. The number of nitrogens with zero attached hydrogens (tertiary/aromatic N) is 4. The Morgan fingerprint density at radius 2 is 2.07 bits per heavy atom. The first kappa shape index (κ1) is 18.7. The molecule has 5 aliphatic rings. The maximum atomic E-state index is 13.6. The number of aliphatic hydroxyl groups excluding tert-OH is 1. The molecule has 13 heteroatoms. The quantitative estimate of drug-likeness (QED) is 0.249. The van der Waals surface area contributed by atoms with Crippen LogP contribution in [-0.4, -0.2) is 68.3 Å². The van der Waals surface area contributed by atoms with Crippen molar-refractivity contribution in [1.82, 2.24) is 20.1 Å². The molecule has 1 aliphatic carbocycles. The Bertz CT molecular complexity index is 1040. The van der Waals surface area contributed by atoms with Crippen molar-refractivity contribution >= 4 is 45.4 Å². The normalized spacial score (nSPS) is 45.5. The van der Waals surface area contributed by atoms with Crippen molar-refractivity contribution in [3.8, 4) is 0 Å². The van der Waals surface area contributed by atoms with Crippen LogP contribution in [0.25, 0.3) is 0 Å². The molecule has 0 unspecified atom stereocenters. The van der Waals surface area contributed by atoms with E-state index in [0.29, 0.717) is 18.8 Å². The van der Waals surface area contributed by atoms with Crippen molar-refractivity contribution in [3.63, 3.8) is 0 Å². The van der Waals surface area contributed by atoms with Crippen LogP contribution in [0.3, 0.4) is 0 Å². The minimum Gasteiger partial charge on any atom is -0.370 e. The Morgan fingerprint density at radius 1 is 1.33 bits per heavy atom. The second-order valence-corrected chi connectivity index (χ2v) is 9.98. The number of nitrogens with two attached hydrogens (primary N) is 3. The van der Waals surface area contributed by atoms with Crippen LogP contribution in [0.2, 0.25) is 0 Å². The highest BCUT2D eigenvalue weighted by atomic mass is 79.9. The van der Waals surface area contributed by atoms with Crippen LogP contribution in [0.5, 0.6) is 0 Å². The predicted molar refractivity (Wildman–Crippen MR) is 112 cm³/mol. The molecule has 9 N–H and O–H groups in total. The SMILES string of the molecule is NC[C@H]1[C@H]2CN3C(=O)c4cc(Br)cn4[C@H]4N=C(N)N[C@]43[C@H]2[C@@]2(NC(N)=N[C@H]2O)[C@H]1Cl. The number of alkyl halides is 1. The van der Waals surface area contributed by atoms with Crippen LogP contribution < -0.4 is 27.8 Å². The fourth-order valence-electron chi connectivity index (χ4n) is 6.57. The summed E-state index contributed by atoms with van der Waals surface area (Å²) in [5, 5.41) is 16.9. The zero-order valence-corrected chi connectivity index (χ0v) is 18.0. The van der Waals surface area contributed by atoms with Crippen LogP contribution >= 0.6 is 27.5 Å². The molecule has 8 atom stereocenters. The fraction of sp³-hybridized carbons (Fsp3) is 0.588. The number of aliphatic imine (C=N–C) groups is 2. The van der Waals surface area contributed by atoms with Crippen molar-refractivity contribution in [2.24, 2.45) is 44.9 Å². The number of aromatic nitrogens is 1. The van der Waals surface area contributed by atoms with Gasteiger partial charge < -0.3 is 42.4 Å². The summed E-state index contributed by atoms with van der Waals surface area (Å²) >= 11 is 10.4. The highest BCUT2D eigenvalue weighted by Crippen LogP contribution is 2.63. The maximum absolute atomic E-state index is 13.6. The molecule has 30 heavy (non-hydrogen) atoms. The minimum absolute atomic E-state index is 0.106. The molecule has 1 saturated heterocycles. The first-order valence-corrected chi connectivity index (χ1v) is 10.9. The Balaban J connectivity index is 1.60. The van der Waals surface area contributed by atoms with E-state index in [4.69, 9.17) is 28.8 Å². The number of guanidine groups is 2. The van der Waals surface area contributed by atoms with Gasteiger partial charge in [-0.1, -0.05) is 0 Å². The number of halogens is 2. The molecular formula is C17H21BrClN9O2. The highest BCUT2D eigenvalue weighted by Gasteiger charge is 2.79. The molecule has 0 bridgehead atoms. The smallest absolute Gasteiger partial charge is 0.272 e. The number of fused-ring (bicyclic) bond motifs is 4. The lowest BCUT2D eigenvalue weighted by Crippen LogP contribution is -2.74. The van der Waals surface area contributed by atoms with E-state index in [0.717, 1.165) is 4.47 Å². The van der Waals surface area contributed by atoms with E-state index in [1.165, 1.54) is 0 Å². The second kappa shape index (κ2) is 5.61. The average molecular weight is 499 g/mol. The molecule has 0 aromatic carbocycles. The van der Waals surface area contributed by atoms with Crippen LogP contribution in [0.4, 0.5) is 0 Å². The standard InChI is InChI=1S/C17H21BrClN9O2/c18-5-1-8-11(29)28-4-7-6(2-20)10(19)16(13(30)24-15(22)25-16)9(7)17(28)12(27(8)3-5)23-14(21)26-17/h1,3,6-7,9-10,12-13,30H,2,4,20H2,(H3,21,23,26)(H3,22,24,25)/t6-,7+,9+,10-,12+,13-,16+,17-/m0/s1. The summed E-state index contributed by atoms with van der Waals surface area (Å²) in [6, 6.07) is 1.77. The Kier molecular flexibility index (Phi) is 3.50. The lowest BCUT2D eigenvalue weighted by Gasteiger charge is -2.51. The molecule has 2 spiro atoms. The first-order chi connectivity index (χ1) is 14.3. The summed E-state index contributed by atoms with van der Waals surface area (Å²) in [4.78, 5) is 24.1. The molecule has 11 nitrogen and oxygen atoms in total. The van der Waals surface area contributed by atoms with E-state index in [9.17, 15) is 9.90 Å². The van der Waals surface area contributed by atoms with Crippen LogP contribution in [0.1, 0.15) is 16.7 Å². The van der Waals surface area contributed by atoms with Crippen molar-refractivity contribution in [2.75, 3.05) is 13.1 Å². The molecular weight excluding hydrogens is 478 g/mol. The summed E-state index contributed by atoms with van der Waals surface area (Å²) in [5.41, 5.74) is 16.6. The lowest BCUT2D eigenvalue weighted by atomic mass is 9.73. The van der Waals surface area contributed by atoms with Gasteiger partial charge in [0.2, 0.25) is 0 Å². The van der Waals surface area contributed by atoms with Gasteiger partial charge in [0, 0.05) is 23.1 Å². The highest BCUT2D eigenvalue weighted by molar-refractivity contribution is 9.10. The molecule has 5 heterocycles. The molecule has 1 saturated carbocycles. The number of nitrogens with one attached hydrogen (secondary N) is 2. The number of carbonyl (C=O) groups excluding carboxylic acids is 1. The predicted octanol–water partition coefficient (Wildman–Crippen LogP) is -1.76. The fourth-order valence-corrected chi connectivity index (χ4v) is 7.60. The molecule has 160 valence electrons. The van der Waals surface area contributed by atoms with E-state index in [2.05, 4.69) is 36.5 Å². The van der Waals surface area contributed by atoms with Gasteiger partial charge in [0.25, 0.3) is 5.91 Å². The van der Waals surface area contributed by atoms with E-state index in [1.54, 1.807) is 11.0 Å². The Morgan fingerprint density at radius 3 is 2.73 bits per heavy atom. The second-order valence-electron chi connectivity index (χ2n) is 8.59. The van der Waals surface area contributed by atoms with Gasteiger partial charge in [-0.2, -0.15) is 0 Å². The third kappa shape index (κ3) is 1.84. The molecule has 6 rings (SSSR count). The van der Waals surface area contributed by atoms with Gasteiger partial charge >= 0.3 is 0 Å². The summed E-state index contributed by atoms with van der Waals surface area (Å²) in [6.45, 7) is 0.697. The molecule has 1 aromatic heterocycles. The van der Waals surface area contributed by atoms with Gasteiger partial charge in [-0.25, -0.2) is 9.98 Å². The summed E-state index contributed by atoms with van der Waals surface area (Å²) in [6.07, 6.45) is 0.0765. The van der Waals surface area contributed by atoms with Crippen LogP contribution in [0.15, 0.2) is 26.7 Å². The minimum atomic E-state index is -1.20. The lowest BCUT2D eigenvalue weighted by molar-refractivity contribution is -0.0269. The maximum Gasteiger partial charge on any atom is 0.272 e. The zero-order chi connectivity index (χ0) is 21.2. The average Bonchev–Trinajstić information content (AvgIpc) is 3.42. The van der Waals surface area contributed by atoms with Crippen molar-refractivity contribution in [3.05, 3.63) is 22.4 Å². The van der Waals surface area contributed by atoms with E-state index >= 15 is 0 Å². The monoisotopic (exact) mass is 497 g/mol. The largest absolute Gasteiger partial charge is 0.370 e. The van der Waals surface area contributed by atoms with Gasteiger partial charge in [0.05, 0.1) is 5.38 Å². The van der Waals surface area contributed by atoms with Crippen molar-refractivity contribution in [1.29, 1.82) is 0 Å². The summed E-state index contributed by atoms with van der Waals surface area (Å²) in [7, 11) is 0. The molecule has 2 fully saturated rings. The van der Waals surface area contributed by atoms with Crippen molar-refractivity contribution in [2.45, 2.75) is 29.0 Å². The number of amides is 1. The number of aliphatic hydroxyl groups is 1. The number of carbonyl (C=O) groups is 1. The van der Waals surface area contributed by atoms with Gasteiger partial charge in [-0.3, -0.25) is 4.79 Å². The van der Waals surface area contributed by atoms with Gasteiger partial charge in [-0.05, 0) is 40.4 Å². The number of hydrogen-bond donors (Lipinski definition) is 6. The van der Waals surface area contributed by atoms with E-state index < -0.39 is 34.9 Å². The molecule has 1 aromatic rings. The summed E-state index contributed by atoms with van der Waals surface area (Å²) in [5.74, 6) is -0.530.